The number of esters is 1. The minimum absolute atomic E-state index is 0.0678. The second-order valence-electron chi connectivity index (χ2n) is 5.52. The third-order valence-electron chi connectivity index (χ3n) is 3.83. The van der Waals surface area contributed by atoms with Crippen LogP contribution in [0.25, 0.3) is 0 Å². The largest absolute Gasteiger partial charge is 0.459 e. The molecule has 2 amide bonds. The van der Waals surface area contributed by atoms with Gasteiger partial charge in [-0.1, -0.05) is 47.5 Å². The van der Waals surface area contributed by atoms with Crippen LogP contribution in [0.5, 0.6) is 0 Å². The van der Waals surface area contributed by atoms with Crippen molar-refractivity contribution in [1.82, 2.24) is 4.90 Å². The third kappa shape index (κ3) is 3.83. The molecule has 3 rings (SSSR count). The van der Waals surface area contributed by atoms with Gasteiger partial charge in [-0.25, -0.2) is 0 Å². The van der Waals surface area contributed by atoms with Gasteiger partial charge in [-0.3, -0.25) is 19.3 Å². The van der Waals surface area contributed by atoms with Crippen molar-refractivity contribution < 1.29 is 19.1 Å². The fraction of sp³-hybridized carbons (Fsp3) is 0.167. The normalized spacial score (nSPS) is 13.6. The van der Waals surface area contributed by atoms with E-state index in [1.165, 1.54) is 0 Å². The zero-order valence-electron chi connectivity index (χ0n) is 13.0. The van der Waals surface area contributed by atoms with Crippen LogP contribution in [-0.2, 0) is 27.4 Å². The molecule has 1 aliphatic heterocycles. The Kier molecular flexibility index (Phi) is 5.06. The topological polar surface area (TPSA) is 63.7 Å². The zero-order valence-corrected chi connectivity index (χ0v) is 14.5. The molecule has 25 heavy (non-hydrogen) atoms. The summed E-state index contributed by atoms with van der Waals surface area (Å²) in [4.78, 5) is 37.5. The molecule has 2 aromatic rings. The van der Waals surface area contributed by atoms with Crippen molar-refractivity contribution in [2.75, 3.05) is 6.54 Å². The van der Waals surface area contributed by atoms with E-state index in [1.807, 2.05) is 0 Å². The standard InChI is InChI=1S/C18H13Cl2NO4/c19-13-6-5-12(15(20)8-13)10-25-17(23)9-21-16(22)7-11-3-1-2-4-14(11)18(21)24/h1-6,8H,7,9-10H2. The molecule has 0 N–H and O–H groups in total. The monoisotopic (exact) mass is 377 g/mol. The Morgan fingerprint density at radius 3 is 2.64 bits per heavy atom. The van der Waals surface area contributed by atoms with E-state index >= 15 is 0 Å². The van der Waals surface area contributed by atoms with Gasteiger partial charge in [-0.05, 0) is 23.8 Å². The molecule has 128 valence electrons. The fourth-order valence-corrected chi connectivity index (χ4v) is 2.99. The molecule has 7 heteroatoms. The summed E-state index contributed by atoms with van der Waals surface area (Å²) < 4.78 is 5.12. The molecule has 0 spiro atoms. The van der Waals surface area contributed by atoms with Crippen molar-refractivity contribution in [1.29, 1.82) is 0 Å². The number of rotatable bonds is 4. The van der Waals surface area contributed by atoms with Gasteiger partial charge in [-0.15, -0.1) is 0 Å². The van der Waals surface area contributed by atoms with Crippen molar-refractivity contribution in [3.63, 3.8) is 0 Å². The molecule has 0 aromatic heterocycles. The first-order valence-corrected chi connectivity index (χ1v) is 8.23. The van der Waals surface area contributed by atoms with Crippen molar-refractivity contribution in [3.8, 4) is 0 Å². The summed E-state index contributed by atoms with van der Waals surface area (Å²) in [5.41, 5.74) is 1.67. The van der Waals surface area contributed by atoms with Gasteiger partial charge in [0.05, 0.1) is 6.42 Å². The van der Waals surface area contributed by atoms with Crippen molar-refractivity contribution in [2.45, 2.75) is 13.0 Å². The van der Waals surface area contributed by atoms with Crippen LogP contribution in [0.3, 0.4) is 0 Å². The molecule has 1 heterocycles. The average molecular weight is 378 g/mol. The van der Waals surface area contributed by atoms with E-state index in [-0.39, 0.29) is 13.0 Å². The van der Waals surface area contributed by atoms with Gasteiger partial charge < -0.3 is 4.74 Å². The van der Waals surface area contributed by atoms with Crippen LogP contribution in [0.2, 0.25) is 10.0 Å². The summed E-state index contributed by atoms with van der Waals surface area (Å²) in [7, 11) is 0. The number of benzene rings is 2. The molecule has 1 aliphatic rings. The van der Waals surface area contributed by atoms with Gasteiger partial charge in [0, 0.05) is 21.2 Å². The summed E-state index contributed by atoms with van der Waals surface area (Å²) in [5.74, 6) is -1.61. The second kappa shape index (κ2) is 7.25. The highest BCUT2D eigenvalue weighted by molar-refractivity contribution is 6.35. The quantitative estimate of drug-likeness (QED) is 0.605. The summed E-state index contributed by atoms with van der Waals surface area (Å²) in [6, 6.07) is 11.7. The van der Waals surface area contributed by atoms with Gasteiger partial charge in [0.25, 0.3) is 5.91 Å². The maximum atomic E-state index is 12.4. The number of nitrogens with zero attached hydrogens (tertiary/aromatic N) is 1. The molecular formula is C18H13Cl2NO4. The van der Waals surface area contributed by atoms with Gasteiger partial charge in [0.15, 0.2) is 0 Å². The second-order valence-corrected chi connectivity index (χ2v) is 6.36. The van der Waals surface area contributed by atoms with E-state index in [0.29, 0.717) is 26.7 Å². The Morgan fingerprint density at radius 1 is 1.12 bits per heavy atom. The first kappa shape index (κ1) is 17.5. The van der Waals surface area contributed by atoms with Crippen LogP contribution >= 0.6 is 23.2 Å². The lowest BCUT2D eigenvalue weighted by Crippen LogP contribution is -2.45. The highest BCUT2D eigenvalue weighted by Crippen LogP contribution is 2.22. The molecule has 0 saturated carbocycles. The lowest BCUT2D eigenvalue weighted by atomic mass is 9.98. The highest BCUT2D eigenvalue weighted by atomic mass is 35.5. The Hall–Kier alpha value is -2.37. The predicted molar refractivity (Wildman–Crippen MR) is 92.4 cm³/mol. The molecule has 0 atom stereocenters. The van der Waals surface area contributed by atoms with Crippen LogP contribution in [0.4, 0.5) is 0 Å². The Morgan fingerprint density at radius 2 is 1.88 bits per heavy atom. The molecule has 5 nitrogen and oxygen atoms in total. The number of carbonyl (C=O) groups excluding carboxylic acids is 3. The number of carbonyl (C=O) groups is 3. The first-order valence-electron chi connectivity index (χ1n) is 7.48. The van der Waals surface area contributed by atoms with Crippen LogP contribution in [-0.4, -0.2) is 29.2 Å². The van der Waals surface area contributed by atoms with Gasteiger partial charge >= 0.3 is 5.97 Å². The molecular weight excluding hydrogens is 365 g/mol. The summed E-state index contributed by atoms with van der Waals surface area (Å²) in [6.45, 7) is -0.501. The number of imide groups is 1. The number of fused-ring (bicyclic) bond motifs is 1. The molecule has 0 bridgehead atoms. The van der Waals surface area contributed by atoms with E-state index in [0.717, 1.165) is 4.90 Å². The third-order valence-corrected chi connectivity index (χ3v) is 4.41. The Balaban J connectivity index is 1.65. The molecule has 0 unspecified atom stereocenters. The van der Waals surface area contributed by atoms with Crippen molar-refractivity contribution in [3.05, 3.63) is 69.2 Å². The smallest absolute Gasteiger partial charge is 0.326 e. The molecule has 2 aromatic carbocycles. The summed E-state index contributed by atoms with van der Waals surface area (Å²) >= 11 is 11.8. The van der Waals surface area contributed by atoms with Crippen LogP contribution in [0.1, 0.15) is 21.5 Å². The number of amides is 2. The molecule has 0 aliphatic carbocycles. The van der Waals surface area contributed by atoms with Crippen LogP contribution in [0.15, 0.2) is 42.5 Å². The summed E-state index contributed by atoms with van der Waals surface area (Å²) in [6.07, 6.45) is 0.0816. The lowest BCUT2D eigenvalue weighted by Gasteiger charge is -2.25. The van der Waals surface area contributed by atoms with Gasteiger partial charge in [-0.2, -0.15) is 0 Å². The van der Waals surface area contributed by atoms with Crippen molar-refractivity contribution >= 4 is 41.0 Å². The minimum Gasteiger partial charge on any atom is -0.459 e. The van der Waals surface area contributed by atoms with E-state index < -0.39 is 24.3 Å². The predicted octanol–water partition coefficient (Wildman–Crippen LogP) is 3.26. The number of ether oxygens (including phenoxy) is 1. The first-order chi connectivity index (χ1) is 12.0. The molecule has 0 saturated heterocycles. The zero-order chi connectivity index (χ0) is 18.0. The van der Waals surface area contributed by atoms with Gasteiger partial charge in [0.1, 0.15) is 13.2 Å². The maximum Gasteiger partial charge on any atom is 0.326 e. The lowest BCUT2D eigenvalue weighted by molar-refractivity contribution is -0.149. The Labute approximate surface area is 154 Å². The van der Waals surface area contributed by atoms with Crippen molar-refractivity contribution in [2.24, 2.45) is 0 Å². The van der Waals surface area contributed by atoms with Gasteiger partial charge in [0.2, 0.25) is 5.91 Å². The number of halogens is 2. The van der Waals surface area contributed by atoms with E-state index in [9.17, 15) is 14.4 Å². The molecule has 0 radical (unpaired) electrons. The van der Waals surface area contributed by atoms with Crippen LogP contribution < -0.4 is 0 Å². The van der Waals surface area contributed by atoms with E-state index in [4.69, 9.17) is 27.9 Å². The number of hydrogen-bond acceptors (Lipinski definition) is 4. The average Bonchev–Trinajstić information content (AvgIpc) is 2.58. The SMILES string of the molecule is O=C(CN1C(=O)Cc2ccccc2C1=O)OCc1ccc(Cl)cc1Cl. The molecule has 0 fully saturated rings. The number of hydrogen-bond donors (Lipinski definition) is 0. The minimum atomic E-state index is -0.688. The fourth-order valence-electron chi connectivity index (χ4n) is 2.53. The van der Waals surface area contributed by atoms with E-state index in [2.05, 4.69) is 0 Å². The summed E-state index contributed by atoms with van der Waals surface area (Å²) in [5, 5.41) is 0.850. The maximum absolute atomic E-state index is 12.4. The Bertz CT molecular complexity index is 866. The highest BCUT2D eigenvalue weighted by Gasteiger charge is 2.32. The van der Waals surface area contributed by atoms with E-state index in [1.54, 1.807) is 42.5 Å². The van der Waals surface area contributed by atoms with Crippen LogP contribution in [0, 0.1) is 0 Å².